The van der Waals surface area contributed by atoms with Crippen LogP contribution in [0, 0.1) is 0 Å². The van der Waals surface area contributed by atoms with Gasteiger partial charge in [-0.2, -0.15) is 0 Å². The van der Waals surface area contributed by atoms with E-state index in [1.54, 1.807) is 21.1 Å². The summed E-state index contributed by atoms with van der Waals surface area (Å²) in [6, 6.07) is -0.430. The number of aliphatic hydroxyl groups excluding tert-OH is 2. The van der Waals surface area contributed by atoms with Gasteiger partial charge in [0.2, 0.25) is 17.7 Å². The third-order valence-corrected chi connectivity index (χ3v) is 7.46. The molecule has 58 heavy (non-hydrogen) atoms. The van der Waals surface area contributed by atoms with Gasteiger partial charge in [-0.15, -0.1) is 0 Å². The van der Waals surface area contributed by atoms with Crippen LogP contribution >= 0.6 is 0 Å². The number of nitrogens with one attached hydrogen (secondary N) is 4. The minimum absolute atomic E-state index is 0.0398. The summed E-state index contributed by atoms with van der Waals surface area (Å²) in [4.78, 5) is 35.7. The highest BCUT2D eigenvalue weighted by atomic mass is 16.6. The molecular weight excluding hydrogens is 772 g/mol. The summed E-state index contributed by atoms with van der Waals surface area (Å²) >= 11 is 0. The van der Waals surface area contributed by atoms with Crippen LogP contribution in [0.2, 0.25) is 0 Å². The number of carbonyl (C=O) groups excluding carboxylic acids is 3. The van der Waals surface area contributed by atoms with Gasteiger partial charge in [-0.05, 0) is 26.3 Å². The molecule has 3 amide bonds. The molecule has 0 aliphatic rings. The van der Waals surface area contributed by atoms with Gasteiger partial charge in [0.25, 0.3) is 0 Å². The van der Waals surface area contributed by atoms with Crippen molar-refractivity contribution in [2.45, 2.75) is 44.6 Å². The zero-order chi connectivity index (χ0) is 42.6. The van der Waals surface area contributed by atoms with Gasteiger partial charge >= 0.3 is 0 Å². The Labute approximate surface area is 344 Å². The van der Waals surface area contributed by atoms with Crippen LogP contribution in [0.3, 0.4) is 0 Å². The summed E-state index contributed by atoms with van der Waals surface area (Å²) in [6.45, 7) is 9.41. The highest BCUT2D eigenvalue weighted by molar-refractivity contribution is 5.78. The van der Waals surface area contributed by atoms with E-state index in [-0.39, 0.29) is 57.4 Å². The van der Waals surface area contributed by atoms with Gasteiger partial charge in [-0.3, -0.25) is 19.7 Å². The number of rotatable bonds is 46. The standard InChI is InChI=1S/C37H74N4O17/c1-32(42)33(41-37(46)31-58-27-23-54-19-17-50-11-9-40-36(45)30-57-25-21-52-15-13-48-3)6-4-5-7-38-34(43)28-55-26-22-53-18-16-49-10-8-39-35(44)29-56-24-20-51-14-12-47-2/h32-34,38,42-43H,4-31H2,1-3H3,(H,39,44)(H,40,45)(H,41,46)/t32-,33-,34?/m0/s1. The van der Waals surface area contributed by atoms with Crippen LogP contribution in [0.15, 0.2) is 0 Å². The average molecular weight is 847 g/mol. The van der Waals surface area contributed by atoms with Gasteiger partial charge in [-0.25, -0.2) is 0 Å². The fourth-order valence-corrected chi connectivity index (χ4v) is 4.42. The van der Waals surface area contributed by atoms with Gasteiger partial charge in [0.15, 0.2) is 0 Å². The van der Waals surface area contributed by atoms with Crippen molar-refractivity contribution in [3.8, 4) is 0 Å². The number of ether oxygens (including phenoxy) is 12. The second-order valence-corrected chi connectivity index (χ2v) is 12.5. The van der Waals surface area contributed by atoms with Crippen LogP contribution in [0.25, 0.3) is 0 Å². The van der Waals surface area contributed by atoms with E-state index in [0.29, 0.717) is 138 Å². The lowest BCUT2D eigenvalue weighted by Crippen LogP contribution is -2.43. The quantitative estimate of drug-likeness (QED) is 0.0277. The minimum Gasteiger partial charge on any atom is -0.391 e. The van der Waals surface area contributed by atoms with E-state index in [1.807, 2.05) is 0 Å². The van der Waals surface area contributed by atoms with E-state index in [4.69, 9.17) is 56.8 Å². The molecule has 0 aromatic heterocycles. The summed E-state index contributed by atoms with van der Waals surface area (Å²) in [5.74, 6) is -0.794. The summed E-state index contributed by atoms with van der Waals surface area (Å²) in [5.41, 5.74) is 0. The van der Waals surface area contributed by atoms with Crippen LogP contribution in [-0.4, -0.2) is 226 Å². The Morgan fingerprint density at radius 3 is 1.28 bits per heavy atom. The van der Waals surface area contributed by atoms with E-state index in [1.165, 1.54) is 0 Å². The fourth-order valence-electron chi connectivity index (χ4n) is 4.42. The molecule has 0 spiro atoms. The first-order valence-corrected chi connectivity index (χ1v) is 20.0. The van der Waals surface area contributed by atoms with Crippen LogP contribution in [0.1, 0.15) is 26.2 Å². The van der Waals surface area contributed by atoms with Crippen molar-refractivity contribution < 1.29 is 81.4 Å². The van der Waals surface area contributed by atoms with E-state index < -0.39 is 18.4 Å². The lowest BCUT2D eigenvalue weighted by atomic mass is 10.0. The molecule has 1 unspecified atom stereocenters. The van der Waals surface area contributed by atoms with Crippen molar-refractivity contribution in [2.24, 2.45) is 0 Å². The van der Waals surface area contributed by atoms with Crippen LogP contribution in [0.4, 0.5) is 0 Å². The Morgan fingerprint density at radius 2 is 0.845 bits per heavy atom. The molecule has 0 rings (SSSR count). The molecule has 0 aromatic rings. The largest absolute Gasteiger partial charge is 0.391 e. The highest BCUT2D eigenvalue weighted by Gasteiger charge is 2.17. The van der Waals surface area contributed by atoms with E-state index in [0.717, 1.165) is 6.42 Å². The molecule has 0 heterocycles. The maximum atomic E-state index is 12.3. The summed E-state index contributed by atoms with van der Waals surface area (Å²) in [6.07, 6.45) is 0.401. The SMILES string of the molecule is COCCOCCOCC(=O)NCCOCCOCCOCC(=O)N[C@@H](CCCCNC(O)COCCOCCOCCNC(=O)COCCOCCOC)[C@H](C)O. The zero-order valence-corrected chi connectivity index (χ0v) is 35.0. The Balaban J connectivity index is 3.60. The fraction of sp³-hybridized carbons (Fsp3) is 0.919. The van der Waals surface area contributed by atoms with Crippen LogP contribution in [0.5, 0.6) is 0 Å². The van der Waals surface area contributed by atoms with Crippen molar-refractivity contribution in [1.82, 2.24) is 21.3 Å². The minimum atomic E-state index is -0.840. The Bertz CT molecular complexity index is 929. The molecule has 344 valence electrons. The monoisotopic (exact) mass is 847 g/mol. The van der Waals surface area contributed by atoms with E-state index in [2.05, 4.69) is 21.3 Å². The first kappa shape index (κ1) is 55.8. The van der Waals surface area contributed by atoms with Gasteiger partial charge in [0.1, 0.15) is 26.0 Å². The third kappa shape index (κ3) is 42.0. The van der Waals surface area contributed by atoms with Crippen LogP contribution in [-0.2, 0) is 71.2 Å². The Kier molecular flexibility index (Phi) is 42.7. The molecule has 0 radical (unpaired) electrons. The zero-order valence-electron chi connectivity index (χ0n) is 35.0. The molecule has 0 aliphatic carbocycles. The number of aliphatic hydroxyl groups is 2. The second kappa shape index (κ2) is 44.4. The highest BCUT2D eigenvalue weighted by Crippen LogP contribution is 2.05. The first-order chi connectivity index (χ1) is 28.3. The number of hydrogen-bond donors (Lipinski definition) is 6. The van der Waals surface area contributed by atoms with E-state index >= 15 is 0 Å². The Morgan fingerprint density at radius 1 is 0.466 bits per heavy atom. The van der Waals surface area contributed by atoms with E-state index in [9.17, 15) is 24.6 Å². The number of hydrogen-bond acceptors (Lipinski definition) is 18. The molecule has 6 N–H and O–H groups in total. The van der Waals surface area contributed by atoms with Crippen LogP contribution < -0.4 is 21.3 Å². The number of methoxy groups -OCH3 is 2. The molecule has 0 aliphatic heterocycles. The lowest BCUT2D eigenvalue weighted by molar-refractivity contribution is -0.128. The molecule has 0 saturated carbocycles. The number of amides is 3. The normalized spacial score (nSPS) is 13.0. The predicted octanol–water partition coefficient (Wildman–Crippen LogP) is -2.38. The maximum absolute atomic E-state index is 12.3. The first-order valence-electron chi connectivity index (χ1n) is 20.0. The van der Waals surface area contributed by atoms with Crippen molar-refractivity contribution in [1.29, 1.82) is 0 Å². The van der Waals surface area contributed by atoms with Crippen molar-refractivity contribution in [3.05, 3.63) is 0 Å². The molecule has 0 fully saturated rings. The Hall–Kier alpha value is -2.19. The maximum Gasteiger partial charge on any atom is 0.246 e. The second-order valence-electron chi connectivity index (χ2n) is 12.5. The number of unbranched alkanes of at least 4 members (excludes halogenated alkanes) is 1. The van der Waals surface area contributed by atoms with Gasteiger partial charge in [0.05, 0.1) is 138 Å². The predicted molar refractivity (Wildman–Crippen MR) is 209 cm³/mol. The summed E-state index contributed by atoms with van der Waals surface area (Å²) in [5, 5.41) is 31.4. The molecule has 0 saturated heterocycles. The number of carbonyl (C=O) groups is 3. The van der Waals surface area contributed by atoms with Gasteiger partial charge < -0.3 is 83.0 Å². The third-order valence-electron chi connectivity index (χ3n) is 7.46. The smallest absolute Gasteiger partial charge is 0.246 e. The van der Waals surface area contributed by atoms with Crippen molar-refractivity contribution in [2.75, 3.05) is 179 Å². The molecule has 3 atom stereocenters. The van der Waals surface area contributed by atoms with Crippen molar-refractivity contribution in [3.63, 3.8) is 0 Å². The topological polar surface area (TPSA) is 251 Å². The lowest BCUT2D eigenvalue weighted by Gasteiger charge is -2.21. The van der Waals surface area contributed by atoms with Crippen molar-refractivity contribution >= 4 is 17.7 Å². The van der Waals surface area contributed by atoms with Gasteiger partial charge in [-0.1, -0.05) is 6.42 Å². The molecule has 21 heteroatoms. The average Bonchev–Trinajstić information content (AvgIpc) is 3.20. The molecular formula is C37H74N4O17. The molecule has 21 nitrogen and oxygen atoms in total. The summed E-state index contributed by atoms with van der Waals surface area (Å²) < 4.78 is 63.1. The van der Waals surface area contributed by atoms with Gasteiger partial charge in [0, 0.05) is 27.3 Å². The summed E-state index contributed by atoms with van der Waals surface area (Å²) in [7, 11) is 3.19. The molecule has 0 aromatic carbocycles. The molecule has 0 bridgehead atoms.